The molecular weight excluding hydrogens is 234 g/mol. The minimum absolute atomic E-state index is 0.290. The number of aliphatic carboxylic acids is 1. The fourth-order valence-corrected chi connectivity index (χ4v) is 1.52. The summed E-state index contributed by atoms with van der Waals surface area (Å²) in [7, 11) is 1.63. The molecule has 1 heterocycles. The highest BCUT2D eigenvalue weighted by Gasteiger charge is 2.19. The Morgan fingerprint density at radius 1 is 1.39 bits per heavy atom. The number of aromatic nitrogens is 1. The van der Waals surface area contributed by atoms with Gasteiger partial charge in [0, 0.05) is 19.8 Å². The molecule has 0 aromatic carbocycles. The predicted octanol–water partition coefficient (Wildman–Crippen LogP) is 1.04. The smallest absolute Gasteiger partial charge is 0.323 e. The number of amides is 2. The molecule has 6 heteroatoms. The van der Waals surface area contributed by atoms with Gasteiger partial charge in [0.1, 0.15) is 6.54 Å². The summed E-state index contributed by atoms with van der Waals surface area (Å²) < 4.78 is 0. The standard InChI is InChI=1S/C12H17N3O3/c1-3-15(9-11(16)17)12(18)14(2)8-10-6-4-5-7-13-10/h4-7H,3,8-9H2,1-2H3,(H,16,17). The third-order valence-corrected chi connectivity index (χ3v) is 2.43. The van der Waals surface area contributed by atoms with Crippen LogP contribution in [-0.4, -0.2) is 52.0 Å². The minimum Gasteiger partial charge on any atom is -0.480 e. The fourth-order valence-electron chi connectivity index (χ4n) is 1.52. The van der Waals surface area contributed by atoms with E-state index in [1.807, 2.05) is 12.1 Å². The Morgan fingerprint density at radius 2 is 2.11 bits per heavy atom. The molecule has 1 aromatic rings. The third-order valence-electron chi connectivity index (χ3n) is 2.43. The number of likely N-dealkylation sites (N-methyl/N-ethyl adjacent to an activating group) is 1. The lowest BCUT2D eigenvalue weighted by molar-refractivity contribution is -0.137. The first kappa shape index (κ1) is 14.0. The van der Waals surface area contributed by atoms with Crippen molar-refractivity contribution in [2.45, 2.75) is 13.5 Å². The molecule has 18 heavy (non-hydrogen) atoms. The van der Waals surface area contributed by atoms with Crippen LogP contribution in [0.5, 0.6) is 0 Å². The Morgan fingerprint density at radius 3 is 2.61 bits per heavy atom. The van der Waals surface area contributed by atoms with E-state index in [2.05, 4.69) is 4.98 Å². The second-order valence-electron chi connectivity index (χ2n) is 3.87. The van der Waals surface area contributed by atoms with Gasteiger partial charge in [-0.1, -0.05) is 6.07 Å². The van der Waals surface area contributed by atoms with E-state index in [-0.39, 0.29) is 12.6 Å². The average Bonchev–Trinajstić information content (AvgIpc) is 2.36. The Balaban J connectivity index is 2.62. The van der Waals surface area contributed by atoms with Crippen LogP contribution < -0.4 is 0 Å². The average molecular weight is 251 g/mol. The summed E-state index contributed by atoms with van der Waals surface area (Å²) in [6, 6.07) is 5.14. The summed E-state index contributed by atoms with van der Waals surface area (Å²) in [5.41, 5.74) is 0.764. The van der Waals surface area contributed by atoms with Crippen LogP contribution in [0.3, 0.4) is 0 Å². The zero-order chi connectivity index (χ0) is 13.5. The Labute approximate surface area is 106 Å². The van der Waals surface area contributed by atoms with Gasteiger partial charge in [0.15, 0.2) is 0 Å². The van der Waals surface area contributed by atoms with E-state index in [9.17, 15) is 9.59 Å². The normalized spacial score (nSPS) is 9.89. The summed E-state index contributed by atoms with van der Waals surface area (Å²) in [6.07, 6.45) is 1.66. The van der Waals surface area contributed by atoms with Gasteiger partial charge < -0.3 is 14.9 Å². The maximum atomic E-state index is 12.0. The summed E-state index contributed by atoms with van der Waals surface area (Å²) >= 11 is 0. The second kappa shape index (κ2) is 6.58. The van der Waals surface area contributed by atoms with E-state index >= 15 is 0 Å². The van der Waals surface area contributed by atoms with Crippen molar-refractivity contribution in [2.24, 2.45) is 0 Å². The summed E-state index contributed by atoms with van der Waals surface area (Å²) in [5, 5.41) is 8.71. The minimum atomic E-state index is -1.02. The molecule has 0 aliphatic heterocycles. The lowest BCUT2D eigenvalue weighted by atomic mass is 10.3. The Hall–Kier alpha value is -2.11. The van der Waals surface area contributed by atoms with Gasteiger partial charge in [0.05, 0.1) is 12.2 Å². The van der Waals surface area contributed by atoms with Gasteiger partial charge in [-0.25, -0.2) is 4.79 Å². The van der Waals surface area contributed by atoms with Crippen molar-refractivity contribution in [1.82, 2.24) is 14.8 Å². The first-order chi connectivity index (χ1) is 8.54. The summed E-state index contributed by atoms with van der Waals surface area (Å²) in [5.74, 6) is -1.02. The first-order valence-corrected chi connectivity index (χ1v) is 5.66. The molecule has 0 saturated heterocycles. The number of nitrogens with zero attached hydrogens (tertiary/aromatic N) is 3. The molecule has 98 valence electrons. The topological polar surface area (TPSA) is 73.7 Å². The lowest BCUT2D eigenvalue weighted by Gasteiger charge is -2.25. The van der Waals surface area contributed by atoms with Crippen molar-refractivity contribution >= 4 is 12.0 Å². The van der Waals surface area contributed by atoms with Crippen LogP contribution in [0.25, 0.3) is 0 Å². The largest absolute Gasteiger partial charge is 0.480 e. The molecule has 1 aromatic heterocycles. The molecule has 0 atom stereocenters. The molecule has 2 amide bonds. The van der Waals surface area contributed by atoms with Crippen LogP contribution in [0.15, 0.2) is 24.4 Å². The number of urea groups is 1. The zero-order valence-corrected chi connectivity index (χ0v) is 10.5. The molecule has 0 bridgehead atoms. The fraction of sp³-hybridized carbons (Fsp3) is 0.417. The van der Waals surface area contributed by atoms with Gasteiger partial charge in [-0.05, 0) is 19.1 Å². The molecule has 0 spiro atoms. The Bertz CT molecular complexity index is 408. The summed E-state index contributed by atoms with van der Waals surface area (Å²) in [4.78, 5) is 29.4. The molecule has 6 nitrogen and oxygen atoms in total. The van der Waals surface area contributed by atoms with Crippen molar-refractivity contribution in [1.29, 1.82) is 0 Å². The van der Waals surface area contributed by atoms with E-state index in [0.717, 1.165) is 5.69 Å². The summed E-state index contributed by atoms with van der Waals surface area (Å²) in [6.45, 7) is 2.17. The number of hydrogen-bond acceptors (Lipinski definition) is 3. The molecule has 0 radical (unpaired) electrons. The van der Waals surface area contributed by atoms with Crippen LogP contribution >= 0.6 is 0 Å². The molecule has 0 aliphatic rings. The molecule has 0 saturated carbocycles. The SMILES string of the molecule is CCN(CC(=O)O)C(=O)N(C)Cc1ccccn1. The highest BCUT2D eigenvalue weighted by Crippen LogP contribution is 2.03. The highest BCUT2D eigenvalue weighted by molar-refractivity contribution is 5.79. The Kier molecular flexibility index (Phi) is 5.10. The lowest BCUT2D eigenvalue weighted by Crippen LogP contribution is -2.43. The molecule has 0 aliphatic carbocycles. The molecule has 0 fully saturated rings. The third kappa shape index (κ3) is 4.04. The van der Waals surface area contributed by atoms with E-state index in [4.69, 9.17) is 5.11 Å². The molecule has 1 rings (SSSR count). The van der Waals surface area contributed by atoms with Crippen LogP contribution in [0.2, 0.25) is 0 Å². The van der Waals surface area contributed by atoms with Crippen molar-refractivity contribution in [3.05, 3.63) is 30.1 Å². The number of rotatable bonds is 5. The van der Waals surface area contributed by atoms with E-state index < -0.39 is 5.97 Å². The maximum absolute atomic E-state index is 12.0. The number of carboxylic acids is 1. The van der Waals surface area contributed by atoms with Gasteiger partial charge in [-0.2, -0.15) is 0 Å². The number of carbonyl (C=O) groups is 2. The van der Waals surface area contributed by atoms with Gasteiger partial charge in [-0.3, -0.25) is 9.78 Å². The predicted molar refractivity (Wildman–Crippen MR) is 66.0 cm³/mol. The highest BCUT2D eigenvalue weighted by atomic mass is 16.4. The van der Waals surface area contributed by atoms with Crippen LogP contribution in [0.1, 0.15) is 12.6 Å². The number of carbonyl (C=O) groups excluding carboxylic acids is 1. The quantitative estimate of drug-likeness (QED) is 0.848. The van der Waals surface area contributed by atoms with Crippen LogP contribution in [0, 0.1) is 0 Å². The van der Waals surface area contributed by atoms with Crippen LogP contribution in [-0.2, 0) is 11.3 Å². The zero-order valence-electron chi connectivity index (χ0n) is 10.5. The van der Waals surface area contributed by atoms with Crippen molar-refractivity contribution in [3.63, 3.8) is 0 Å². The number of pyridine rings is 1. The number of hydrogen-bond donors (Lipinski definition) is 1. The van der Waals surface area contributed by atoms with Crippen molar-refractivity contribution in [3.8, 4) is 0 Å². The molecule has 0 unspecified atom stereocenters. The number of carboxylic acid groups (broad SMARTS) is 1. The van der Waals surface area contributed by atoms with Gasteiger partial charge in [-0.15, -0.1) is 0 Å². The van der Waals surface area contributed by atoms with Crippen LogP contribution in [0.4, 0.5) is 4.79 Å². The van der Waals surface area contributed by atoms with Crippen molar-refractivity contribution in [2.75, 3.05) is 20.1 Å². The van der Waals surface area contributed by atoms with Gasteiger partial charge in [0.25, 0.3) is 0 Å². The van der Waals surface area contributed by atoms with Gasteiger partial charge in [0.2, 0.25) is 0 Å². The van der Waals surface area contributed by atoms with E-state index in [0.29, 0.717) is 13.1 Å². The van der Waals surface area contributed by atoms with Gasteiger partial charge >= 0.3 is 12.0 Å². The first-order valence-electron chi connectivity index (χ1n) is 5.66. The molecular formula is C12H17N3O3. The second-order valence-corrected chi connectivity index (χ2v) is 3.87. The molecule has 1 N–H and O–H groups in total. The van der Waals surface area contributed by atoms with Crippen molar-refractivity contribution < 1.29 is 14.7 Å². The monoisotopic (exact) mass is 251 g/mol. The van der Waals surface area contributed by atoms with E-state index in [1.165, 1.54) is 9.80 Å². The maximum Gasteiger partial charge on any atom is 0.323 e. The van der Waals surface area contributed by atoms with E-state index in [1.54, 1.807) is 26.2 Å².